The minimum absolute atomic E-state index is 0.913. The van der Waals surface area contributed by atoms with Crippen molar-refractivity contribution >= 4 is 43.1 Å². The second-order valence-corrected chi connectivity index (χ2v) is 8.09. The molecule has 5 aromatic rings. The summed E-state index contributed by atoms with van der Waals surface area (Å²) >= 11 is 3.52. The van der Waals surface area contributed by atoms with E-state index in [2.05, 4.69) is 83.9 Å². The summed E-state index contributed by atoms with van der Waals surface area (Å²) in [7, 11) is 4.19. The van der Waals surface area contributed by atoms with Gasteiger partial charge in [-0.15, -0.1) is 0 Å². The molecule has 0 aliphatic heterocycles. The van der Waals surface area contributed by atoms with Gasteiger partial charge in [0.05, 0.1) is 0 Å². The fourth-order valence-electron chi connectivity index (χ4n) is 3.20. The van der Waals surface area contributed by atoms with E-state index >= 15 is 0 Å². The highest BCUT2D eigenvalue weighted by Crippen LogP contribution is 2.34. The maximum Gasteiger partial charge on any atom is 0.305 e. The van der Waals surface area contributed by atoms with Gasteiger partial charge in [0.1, 0.15) is 23.5 Å². The van der Waals surface area contributed by atoms with Crippen LogP contribution in [0.15, 0.2) is 65.1 Å². The van der Waals surface area contributed by atoms with E-state index in [0.29, 0.717) is 0 Å². The van der Waals surface area contributed by atoms with Gasteiger partial charge in [-0.25, -0.2) is 0 Å². The summed E-state index contributed by atoms with van der Waals surface area (Å²) in [5.41, 5.74) is 2.46. The zero-order valence-electron chi connectivity index (χ0n) is 13.9. The number of aromatic nitrogens is 2. The predicted molar refractivity (Wildman–Crippen MR) is 103 cm³/mol. The number of rotatable bonds is 2. The van der Waals surface area contributed by atoms with E-state index in [9.17, 15) is 0 Å². The van der Waals surface area contributed by atoms with E-state index in [1.54, 1.807) is 22.7 Å². The van der Waals surface area contributed by atoms with E-state index in [-0.39, 0.29) is 0 Å². The van der Waals surface area contributed by atoms with Crippen LogP contribution >= 0.6 is 22.7 Å². The van der Waals surface area contributed by atoms with E-state index < -0.39 is 0 Å². The first-order chi connectivity index (χ1) is 12.2. The van der Waals surface area contributed by atoms with E-state index in [1.165, 1.54) is 20.4 Å². The largest absolute Gasteiger partial charge is 0.441 e. The molecular weight excluding hydrogens is 348 g/mol. The number of hydrogen-bond donors (Lipinski definition) is 0. The van der Waals surface area contributed by atoms with Crippen LogP contribution in [-0.4, -0.2) is 0 Å². The van der Waals surface area contributed by atoms with Crippen LogP contribution in [0.5, 0.6) is 0 Å². The average molecular weight is 364 g/mol. The van der Waals surface area contributed by atoms with Gasteiger partial charge >= 0.3 is 10.0 Å². The normalized spacial score (nSPS) is 11.6. The molecule has 0 bridgehead atoms. The second kappa shape index (κ2) is 5.51. The number of hydrogen-bond acceptors (Lipinski definition) is 3. The molecule has 0 fully saturated rings. The summed E-state index contributed by atoms with van der Waals surface area (Å²) in [6, 6.07) is 21.0. The third-order valence-corrected chi connectivity index (χ3v) is 6.97. The summed E-state index contributed by atoms with van der Waals surface area (Å²) in [5.74, 6) is 1.83. The molecule has 0 aliphatic rings. The SMILES string of the molecule is C[n+]1c(-c2ccc(-c3sc4ccccc4[n+]3C)o2)sc2ccccc21. The minimum Gasteiger partial charge on any atom is -0.441 e. The van der Waals surface area contributed by atoms with Gasteiger partial charge in [0.25, 0.3) is 0 Å². The fourth-order valence-corrected chi connectivity index (χ4v) is 5.42. The van der Waals surface area contributed by atoms with Crippen LogP contribution in [0.25, 0.3) is 42.0 Å². The van der Waals surface area contributed by atoms with Gasteiger partial charge in [0, 0.05) is 12.1 Å². The fraction of sp³-hybridized carbons (Fsp3) is 0.100. The average Bonchev–Trinajstić information content (AvgIpc) is 3.32. The van der Waals surface area contributed by atoms with E-state index in [4.69, 9.17) is 4.42 Å². The summed E-state index contributed by atoms with van der Waals surface area (Å²) < 4.78 is 13.2. The van der Waals surface area contributed by atoms with Gasteiger partial charge < -0.3 is 4.42 Å². The molecule has 0 aliphatic carbocycles. The van der Waals surface area contributed by atoms with Gasteiger partial charge in [0.15, 0.2) is 0 Å². The Morgan fingerprint density at radius 3 is 1.52 bits per heavy atom. The van der Waals surface area contributed by atoms with Crippen molar-refractivity contribution < 1.29 is 13.6 Å². The Bertz CT molecular complexity index is 1130. The molecule has 0 saturated heterocycles. The van der Waals surface area contributed by atoms with Crippen LogP contribution < -0.4 is 9.13 Å². The molecule has 0 N–H and O–H groups in total. The lowest BCUT2D eigenvalue weighted by molar-refractivity contribution is -0.630. The lowest BCUT2D eigenvalue weighted by Gasteiger charge is -1.90. The molecule has 0 radical (unpaired) electrons. The zero-order valence-corrected chi connectivity index (χ0v) is 15.5. The van der Waals surface area contributed by atoms with Crippen molar-refractivity contribution in [3.8, 4) is 21.5 Å². The van der Waals surface area contributed by atoms with Crippen LogP contribution in [0.4, 0.5) is 0 Å². The molecule has 2 aromatic carbocycles. The zero-order chi connectivity index (χ0) is 17.0. The second-order valence-electron chi connectivity index (χ2n) is 6.03. The Morgan fingerprint density at radius 2 is 1.08 bits per heavy atom. The molecule has 25 heavy (non-hydrogen) atoms. The Labute approximate surface area is 153 Å². The highest BCUT2D eigenvalue weighted by atomic mass is 32.1. The molecule has 0 saturated carbocycles. The summed E-state index contributed by atoms with van der Waals surface area (Å²) in [6.07, 6.45) is 0. The Balaban J connectivity index is 1.65. The number of fused-ring (bicyclic) bond motifs is 2. The van der Waals surface area contributed by atoms with Crippen LogP contribution in [0.3, 0.4) is 0 Å². The molecule has 3 nitrogen and oxygen atoms in total. The van der Waals surface area contributed by atoms with Gasteiger partial charge in [0.2, 0.25) is 22.6 Å². The van der Waals surface area contributed by atoms with Gasteiger partial charge in [-0.1, -0.05) is 46.9 Å². The van der Waals surface area contributed by atoms with Crippen LogP contribution in [0, 0.1) is 0 Å². The van der Waals surface area contributed by atoms with Crippen LogP contribution in [0.1, 0.15) is 0 Å². The number of thiazole rings is 2. The van der Waals surface area contributed by atoms with Crippen molar-refractivity contribution in [3.63, 3.8) is 0 Å². The highest BCUT2D eigenvalue weighted by molar-refractivity contribution is 7.21. The first-order valence-electron chi connectivity index (χ1n) is 8.08. The molecule has 0 unspecified atom stereocenters. The Kier molecular flexibility index (Phi) is 3.26. The van der Waals surface area contributed by atoms with Crippen molar-refractivity contribution in [3.05, 3.63) is 60.7 Å². The molecule has 0 amide bonds. The first-order valence-corrected chi connectivity index (χ1v) is 9.71. The van der Waals surface area contributed by atoms with Crippen LogP contribution in [0.2, 0.25) is 0 Å². The van der Waals surface area contributed by atoms with Gasteiger partial charge in [-0.2, -0.15) is 9.13 Å². The molecule has 3 heterocycles. The molecule has 0 spiro atoms. The molecule has 0 atom stereocenters. The summed E-state index contributed by atoms with van der Waals surface area (Å²) in [5, 5.41) is 2.27. The quantitative estimate of drug-likeness (QED) is 0.416. The molecule has 3 aromatic heterocycles. The summed E-state index contributed by atoms with van der Waals surface area (Å²) in [4.78, 5) is 0. The van der Waals surface area contributed by atoms with Crippen molar-refractivity contribution in [2.45, 2.75) is 0 Å². The molecule has 122 valence electrons. The minimum atomic E-state index is 0.913. The third kappa shape index (κ3) is 2.23. The number of furan rings is 1. The van der Waals surface area contributed by atoms with E-state index in [1.807, 2.05) is 0 Å². The standard InChI is InChI=1S/C20H16N2OS2/c1-21-13-7-3-5-9-17(13)24-19(21)15-11-12-16(23-15)20-22(2)14-8-4-6-10-18(14)25-20/h3-12H,1-2H3/q+2. The van der Waals surface area contributed by atoms with E-state index in [0.717, 1.165) is 21.5 Å². The van der Waals surface area contributed by atoms with Crippen molar-refractivity contribution in [1.82, 2.24) is 0 Å². The summed E-state index contributed by atoms with van der Waals surface area (Å²) in [6.45, 7) is 0. The van der Waals surface area contributed by atoms with Gasteiger partial charge in [-0.05, 0) is 24.3 Å². The number of aryl methyl sites for hydroxylation is 2. The maximum atomic E-state index is 6.26. The number of benzene rings is 2. The highest BCUT2D eigenvalue weighted by Gasteiger charge is 2.25. The van der Waals surface area contributed by atoms with Crippen molar-refractivity contribution in [1.29, 1.82) is 0 Å². The van der Waals surface area contributed by atoms with Crippen molar-refractivity contribution in [2.24, 2.45) is 14.1 Å². The maximum absolute atomic E-state index is 6.26. The topological polar surface area (TPSA) is 20.9 Å². The molecular formula is C20H16N2OS2+2. The predicted octanol–water partition coefficient (Wildman–Crippen LogP) is 4.69. The number of nitrogens with zero attached hydrogens (tertiary/aromatic N) is 2. The Hall–Kier alpha value is -2.50. The Morgan fingerprint density at radius 1 is 0.640 bits per heavy atom. The molecule has 5 rings (SSSR count). The third-order valence-electron chi connectivity index (χ3n) is 4.50. The smallest absolute Gasteiger partial charge is 0.305 e. The number of para-hydroxylation sites is 2. The lowest BCUT2D eigenvalue weighted by Crippen LogP contribution is -2.28. The first kappa shape index (κ1) is 14.8. The van der Waals surface area contributed by atoms with Crippen molar-refractivity contribution in [2.75, 3.05) is 0 Å². The van der Waals surface area contributed by atoms with Crippen LogP contribution in [-0.2, 0) is 14.1 Å². The molecule has 5 heteroatoms. The monoisotopic (exact) mass is 364 g/mol. The van der Waals surface area contributed by atoms with Gasteiger partial charge in [-0.3, -0.25) is 0 Å². The lowest BCUT2D eigenvalue weighted by atomic mass is 10.3.